The van der Waals surface area contributed by atoms with Crippen LogP contribution in [0.25, 0.3) is 0 Å². The monoisotopic (exact) mass is 293 g/mol. The van der Waals surface area contributed by atoms with Gasteiger partial charge in [0.2, 0.25) is 11.8 Å². The Morgan fingerprint density at radius 3 is 2.14 bits per heavy atom. The maximum atomic E-state index is 12.0. The number of carbonyl (C=O) groups excluding carboxylic acids is 2. The van der Waals surface area contributed by atoms with E-state index < -0.39 is 16.4 Å². The molecule has 1 rings (SSSR count). The first-order valence-corrected chi connectivity index (χ1v) is 6.69. The van der Waals surface area contributed by atoms with Crippen LogP contribution in [0.15, 0.2) is 24.3 Å². The molecule has 3 N–H and O–H groups in total. The van der Waals surface area contributed by atoms with Gasteiger partial charge in [0, 0.05) is 12.1 Å². The van der Waals surface area contributed by atoms with E-state index in [1.165, 1.54) is 24.3 Å². The highest BCUT2D eigenvalue weighted by Gasteiger charge is 2.34. The summed E-state index contributed by atoms with van der Waals surface area (Å²) in [7, 11) is 0. The summed E-state index contributed by atoms with van der Waals surface area (Å²) in [6.07, 6.45) is 0.850. The van der Waals surface area contributed by atoms with Gasteiger partial charge in [-0.3, -0.25) is 19.7 Å². The summed E-state index contributed by atoms with van der Waals surface area (Å²) in [6, 6.07) is 5.70. The SMILES string of the molecule is CCC(CC)(NC(=O)Cc1ccc([N+](=O)[O-])cc1)C(N)=O. The summed E-state index contributed by atoms with van der Waals surface area (Å²) in [5.41, 5.74) is 4.91. The fraction of sp³-hybridized carbons (Fsp3) is 0.429. The topological polar surface area (TPSA) is 115 Å². The third kappa shape index (κ3) is 4.01. The minimum absolute atomic E-state index is 0.0345. The van der Waals surface area contributed by atoms with Crippen molar-refractivity contribution in [3.63, 3.8) is 0 Å². The van der Waals surface area contributed by atoms with Gasteiger partial charge in [-0.15, -0.1) is 0 Å². The van der Waals surface area contributed by atoms with Crippen molar-refractivity contribution in [3.05, 3.63) is 39.9 Å². The fourth-order valence-corrected chi connectivity index (χ4v) is 2.07. The smallest absolute Gasteiger partial charge is 0.269 e. The Morgan fingerprint density at radius 1 is 1.24 bits per heavy atom. The normalized spacial score (nSPS) is 11.0. The van der Waals surface area contributed by atoms with E-state index >= 15 is 0 Å². The van der Waals surface area contributed by atoms with E-state index in [4.69, 9.17) is 5.73 Å². The first-order chi connectivity index (χ1) is 9.84. The number of nitrogens with zero attached hydrogens (tertiary/aromatic N) is 1. The molecule has 0 heterocycles. The highest BCUT2D eigenvalue weighted by atomic mass is 16.6. The molecule has 0 aliphatic heterocycles. The van der Waals surface area contributed by atoms with E-state index in [2.05, 4.69) is 5.32 Å². The van der Waals surface area contributed by atoms with Crippen molar-refractivity contribution < 1.29 is 14.5 Å². The molecule has 0 aliphatic carbocycles. The van der Waals surface area contributed by atoms with Crippen molar-refractivity contribution in [2.75, 3.05) is 0 Å². The van der Waals surface area contributed by atoms with E-state index in [9.17, 15) is 19.7 Å². The number of non-ortho nitro benzene ring substituents is 1. The zero-order valence-corrected chi connectivity index (χ0v) is 12.1. The molecule has 0 fully saturated rings. The number of carbonyl (C=O) groups is 2. The van der Waals surface area contributed by atoms with Crippen molar-refractivity contribution in [2.24, 2.45) is 5.73 Å². The Balaban J connectivity index is 2.77. The summed E-state index contributed by atoms with van der Waals surface area (Å²) < 4.78 is 0. The maximum absolute atomic E-state index is 12.0. The van der Waals surface area contributed by atoms with Gasteiger partial charge in [-0.05, 0) is 18.4 Å². The standard InChI is InChI=1S/C14H19N3O4/c1-3-14(4-2,13(15)19)16-12(18)9-10-5-7-11(8-6-10)17(20)21/h5-8H,3-4,9H2,1-2H3,(H2,15,19)(H,16,18). The minimum atomic E-state index is -1.04. The summed E-state index contributed by atoms with van der Waals surface area (Å²) in [5.74, 6) is -0.907. The second kappa shape index (κ2) is 6.83. The summed E-state index contributed by atoms with van der Waals surface area (Å²) >= 11 is 0. The van der Waals surface area contributed by atoms with Crippen LogP contribution in [0.1, 0.15) is 32.3 Å². The lowest BCUT2D eigenvalue weighted by molar-refractivity contribution is -0.384. The van der Waals surface area contributed by atoms with Crippen LogP contribution in [-0.4, -0.2) is 22.3 Å². The van der Waals surface area contributed by atoms with Crippen LogP contribution < -0.4 is 11.1 Å². The lowest BCUT2D eigenvalue weighted by Gasteiger charge is -2.29. The van der Waals surface area contributed by atoms with Gasteiger partial charge in [-0.1, -0.05) is 26.0 Å². The number of nitrogens with one attached hydrogen (secondary N) is 1. The number of hydrogen-bond donors (Lipinski definition) is 2. The molecule has 0 radical (unpaired) electrons. The number of benzene rings is 1. The molecule has 114 valence electrons. The van der Waals surface area contributed by atoms with E-state index in [0.717, 1.165) is 0 Å². The molecule has 0 unspecified atom stereocenters. The third-order valence-corrected chi connectivity index (χ3v) is 3.57. The number of hydrogen-bond acceptors (Lipinski definition) is 4. The molecule has 7 nitrogen and oxygen atoms in total. The first-order valence-electron chi connectivity index (χ1n) is 6.69. The van der Waals surface area contributed by atoms with Crippen LogP contribution in [0, 0.1) is 10.1 Å². The first kappa shape index (κ1) is 16.6. The van der Waals surface area contributed by atoms with Crippen LogP contribution in [0.3, 0.4) is 0 Å². The fourth-order valence-electron chi connectivity index (χ4n) is 2.07. The quantitative estimate of drug-likeness (QED) is 0.582. The van der Waals surface area contributed by atoms with Gasteiger partial charge >= 0.3 is 0 Å². The molecule has 0 aromatic heterocycles. The van der Waals surface area contributed by atoms with E-state index in [1.54, 1.807) is 13.8 Å². The molecule has 0 saturated carbocycles. The molecule has 21 heavy (non-hydrogen) atoms. The van der Waals surface area contributed by atoms with Gasteiger partial charge in [0.15, 0.2) is 0 Å². The Kier molecular flexibility index (Phi) is 5.40. The molecule has 1 aromatic rings. The van der Waals surface area contributed by atoms with E-state index in [0.29, 0.717) is 18.4 Å². The average Bonchev–Trinajstić information content (AvgIpc) is 2.45. The van der Waals surface area contributed by atoms with Crippen LogP contribution >= 0.6 is 0 Å². The second-order valence-corrected chi connectivity index (χ2v) is 4.80. The molecular formula is C14H19N3O4. The van der Waals surface area contributed by atoms with Crippen LogP contribution in [0.4, 0.5) is 5.69 Å². The van der Waals surface area contributed by atoms with Crippen molar-refractivity contribution in [2.45, 2.75) is 38.6 Å². The lowest BCUT2D eigenvalue weighted by atomic mass is 9.91. The van der Waals surface area contributed by atoms with Gasteiger partial charge in [0.05, 0.1) is 11.3 Å². The third-order valence-electron chi connectivity index (χ3n) is 3.57. The molecule has 0 aliphatic rings. The molecule has 2 amide bonds. The highest BCUT2D eigenvalue weighted by Crippen LogP contribution is 2.16. The minimum Gasteiger partial charge on any atom is -0.368 e. The number of primary amides is 1. The maximum Gasteiger partial charge on any atom is 0.269 e. The number of rotatable bonds is 7. The summed E-state index contributed by atoms with van der Waals surface area (Å²) in [4.78, 5) is 33.6. The summed E-state index contributed by atoms with van der Waals surface area (Å²) in [6.45, 7) is 3.56. The molecule has 1 aromatic carbocycles. The number of nitro benzene ring substituents is 1. The lowest BCUT2D eigenvalue weighted by Crippen LogP contribution is -2.57. The predicted molar refractivity (Wildman–Crippen MR) is 77.5 cm³/mol. The Hall–Kier alpha value is -2.44. The summed E-state index contributed by atoms with van der Waals surface area (Å²) in [5, 5.41) is 13.2. The van der Waals surface area contributed by atoms with E-state index in [-0.39, 0.29) is 18.0 Å². The van der Waals surface area contributed by atoms with Crippen molar-refractivity contribution >= 4 is 17.5 Å². The van der Waals surface area contributed by atoms with Gasteiger partial charge in [-0.25, -0.2) is 0 Å². The van der Waals surface area contributed by atoms with Gasteiger partial charge in [-0.2, -0.15) is 0 Å². The molecular weight excluding hydrogens is 274 g/mol. The van der Waals surface area contributed by atoms with Gasteiger partial charge in [0.1, 0.15) is 5.54 Å². The average molecular weight is 293 g/mol. The van der Waals surface area contributed by atoms with Gasteiger partial charge in [0.25, 0.3) is 5.69 Å². The Labute approximate surface area is 122 Å². The van der Waals surface area contributed by atoms with Crippen LogP contribution in [0.5, 0.6) is 0 Å². The molecule has 0 bridgehead atoms. The predicted octanol–water partition coefficient (Wildman–Crippen LogP) is 1.30. The second-order valence-electron chi connectivity index (χ2n) is 4.80. The number of nitrogens with two attached hydrogens (primary N) is 1. The largest absolute Gasteiger partial charge is 0.368 e. The zero-order chi connectivity index (χ0) is 16.0. The van der Waals surface area contributed by atoms with Crippen molar-refractivity contribution in [1.82, 2.24) is 5.32 Å². The van der Waals surface area contributed by atoms with Crippen molar-refractivity contribution in [1.29, 1.82) is 0 Å². The van der Waals surface area contributed by atoms with Gasteiger partial charge < -0.3 is 11.1 Å². The van der Waals surface area contributed by atoms with Crippen LogP contribution in [0.2, 0.25) is 0 Å². The van der Waals surface area contributed by atoms with Crippen LogP contribution in [-0.2, 0) is 16.0 Å². The molecule has 7 heteroatoms. The Bertz CT molecular complexity index is 536. The molecule has 0 saturated heterocycles. The van der Waals surface area contributed by atoms with Crippen molar-refractivity contribution in [3.8, 4) is 0 Å². The van der Waals surface area contributed by atoms with E-state index in [1.807, 2.05) is 0 Å². The molecule has 0 atom stereocenters. The molecule has 0 spiro atoms. The highest BCUT2D eigenvalue weighted by molar-refractivity contribution is 5.91. The Morgan fingerprint density at radius 2 is 1.76 bits per heavy atom. The number of amides is 2. The number of nitro groups is 1. The zero-order valence-electron chi connectivity index (χ0n) is 12.1.